The molecule has 2 N–H and O–H groups in total. The van der Waals surface area contributed by atoms with Crippen molar-refractivity contribution in [1.82, 2.24) is 10.2 Å². The van der Waals surface area contributed by atoms with Crippen molar-refractivity contribution in [2.75, 3.05) is 32.8 Å². The van der Waals surface area contributed by atoms with Crippen LogP contribution in [0.25, 0.3) is 0 Å². The van der Waals surface area contributed by atoms with Crippen LogP contribution in [0.5, 0.6) is 11.5 Å². The Labute approximate surface area is 191 Å². The minimum Gasteiger partial charge on any atom is -0.494 e. The van der Waals surface area contributed by atoms with Gasteiger partial charge in [0.15, 0.2) is 0 Å². The molecule has 0 spiro atoms. The molecule has 0 unspecified atom stereocenters. The minimum absolute atomic E-state index is 0.0144. The molecule has 6 nitrogen and oxygen atoms in total. The van der Waals surface area contributed by atoms with Gasteiger partial charge in [-0.05, 0) is 62.4 Å². The van der Waals surface area contributed by atoms with Crippen molar-refractivity contribution < 1.29 is 19.4 Å². The van der Waals surface area contributed by atoms with E-state index in [4.69, 9.17) is 9.47 Å². The lowest BCUT2D eigenvalue weighted by atomic mass is 9.92. The summed E-state index contributed by atoms with van der Waals surface area (Å²) in [6.07, 6.45) is 2.19. The number of nitrogens with one attached hydrogen (secondary N) is 1. The zero-order chi connectivity index (χ0) is 23.0. The highest BCUT2D eigenvalue weighted by Crippen LogP contribution is 2.26. The van der Waals surface area contributed by atoms with Crippen LogP contribution >= 0.6 is 0 Å². The normalized spacial score (nSPS) is 15.9. The van der Waals surface area contributed by atoms with Gasteiger partial charge in [-0.15, -0.1) is 0 Å². The van der Waals surface area contributed by atoms with E-state index in [1.54, 1.807) is 0 Å². The molecule has 0 aliphatic carbocycles. The molecule has 1 fully saturated rings. The molecule has 1 aliphatic rings. The van der Waals surface area contributed by atoms with Crippen LogP contribution in [-0.2, 0) is 11.3 Å². The maximum absolute atomic E-state index is 11.0. The molecule has 32 heavy (non-hydrogen) atoms. The molecular formula is C26H36N2O4. The summed E-state index contributed by atoms with van der Waals surface area (Å²) in [5.74, 6) is 1.68. The molecule has 1 amide bonds. The number of piperidine rings is 1. The van der Waals surface area contributed by atoms with Gasteiger partial charge in [0.1, 0.15) is 23.7 Å². The van der Waals surface area contributed by atoms with Crippen LogP contribution in [0.15, 0.2) is 42.5 Å². The average molecular weight is 441 g/mol. The molecule has 2 aromatic rings. The topological polar surface area (TPSA) is 71.0 Å². The van der Waals surface area contributed by atoms with Crippen LogP contribution in [0.1, 0.15) is 42.9 Å². The average Bonchev–Trinajstić information content (AvgIpc) is 2.76. The van der Waals surface area contributed by atoms with E-state index in [0.29, 0.717) is 32.6 Å². The van der Waals surface area contributed by atoms with E-state index in [2.05, 4.69) is 35.3 Å². The predicted molar refractivity (Wildman–Crippen MR) is 126 cm³/mol. The number of nitrogens with zero attached hydrogens (tertiary/aromatic N) is 1. The summed E-state index contributed by atoms with van der Waals surface area (Å²) in [5, 5.41) is 13.7. The molecule has 0 bridgehead atoms. The van der Waals surface area contributed by atoms with Gasteiger partial charge in [-0.2, -0.15) is 0 Å². The Kier molecular flexibility index (Phi) is 8.53. The molecule has 6 heteroatoms. The fraction of sp³-hybridized carbons (Fsp3) is 0.500. The van der Waals surface area contributed by atoms with Crippen molar-refractivity contribution in [3.63, 3.8) is 0 Å². The number of amides is 1. The Morgan fingerprint density at radius 3 is 2.47 bits per heavy atom. The number of aliphatic hydroxyl groups is 1. The predicted octanol–water partition coefficient (Wildman–Crippen LogP) is 3.61. The van der Waals surface area contributed by atoms with Gasteiger partial charge in [0, 0.05) is 33.1 Å². The van der Waals surface area contributed by atoms with Crippen LogP contribution in [0.3, 0.4) is 0 Å². The summed E-state index contributed by atoms with van der Waals surface area (Å²) < 4.78 is 11.7. The number of likely N-dealkylation sites (tertiary alicyclic amines) is 1. The summed E-state index contributed by atoms with van der Waals surface area (Å²) in [6.45, 7) is 9.70. The summed E-state index contributed by atoms with van der Waals surface area (Å²) in [5.41, 5.74) is 2.77. The number of aryl methyl sites for hydroxylation is 2. The Bertz CT molecular complexity index is 874. The zero-order valence-electron chi connectivity index (χ0n) is 19.5. The largest absolute Gasteiger partial charge is 0.494 e. The number of carbonyl (C=O) groups is 1. The third-order valence-corrected chi connectivity index (χ3v) is 5.91. The van der Waals surface area contributed by atoms with Crippen molar-refractivity contribution in [1.29, 1.82) is 0 Å². The molecule has 0 aromatic heterocycles. The highest BCUT2D eigenvalue weighted by molar-refractivity contribution is 5.72. The first-order chi connectivity index (χ1) is 15.3. The van der Waals surface area contributed by atoms with Crippen LogP contribution in [-0.4, -0.2) is 54.4 Å². The van der Waals surface area contributed by atoms with Gasteiger partial charge in [-0.25, -0.2) is 0 Å². The summed E-state index contributed by atoms with van der Waals surface area (Å²) in [6, 6.07) is 14.3. The van der Waals surface area contributed by atoms with Crippen molar-refractivity contribution in [3.05, 3.63) is 59.2 Å². The fourth-order valence-corrected chi connectivity index (χ4v) is 3.92. The van der Waals surface area contributed by atoms with E-state index in [-0.39, 0.29) is 5.91 Å². The lowest BCUT2D eigenvalue weighted by molar-refractivity contribution is -0.118. The number of rotatable bonds is 10. The molecule has 1 saturated heterocycles. The molecule has 0 atom stereocenters. The Hall–Kier alpha value is -2.57. The number of hydrogen-bond acceptors (Lipinski definition) is 5. The lowest BCUT2D eigenvalue weighted by Gasteiger charge is -2.38. The monoisotopic (exact) mass is 440 g/mol. The summed E-state index contributed by atoms with van der Waals surface area (Å²) in [7, 11) is 0. The number of hydrogen-bond donors (Lipinski definition) is 2. The fourth-order valence-electron chi connectivity index (χ4n) is 3.92. The second-order valence-electron chi connectivity index (χ2n) is 8.89. The Balaban J connectivity index is 1.39. The molecule has 0 radical (unpaired) electrons. The molecular weight excluding hydrogens is 404 g/mol. The van der Waals surface area contributed by atoms with Crippen LogP contribution in [0, 0.1) is 13.8 Å². The van der Waals surface area contributed by atoms with Crippen molar-refractivity contribution >= 4 is 5.91 Å². The van der Waals surface area contributed by atoms with E-state index >= 15 is 0 Å². The van der Waals surface area contributed by atoms with Crippen LogP contribution in [0.2, 0.25) is 0 Å². The number of benzene rings is 2. The zero-order valence-corrected chi connectivity index (χ0v) is 19.5. The van der Waals surface area contributed by atoms with E-state index in [0.717, 1.165) is 43.1 Å². The van der Waals surface area contributed by atoms with Crippen molar-refractivity contribution in [2.45, 2.75) is 52.2 Å². The van der Waals surface area contributed by atoms with E-state index in [9.17, 15) is 9.90 Å². The van der Waals surface area contributed by atoms with Crippen LogP contribution in [0.4, 0.5) is 0 Å². The van der Waals surface area contributed by atoms with Crippen molar-refractivity contribution in [2.24, 2.45) is 0 Å². The first-order valence-corrected chi connectivity index (χ1v) is 11.4. The van der Waals surface area contributed by atoms with Gasteiger partial charge >= 0.3 is 0 Å². The molecule has 174 valence electrons. The molecule has 1 aliphatic heterocycles. The standard InChI is InChI=1S/C26H36N2O4/c1-20-5-10-25(21(2)17-20)32-19-26(30)11-14-28(15-12-26)18-23-6-8-24(9-7-23)31-16-4-13-27-22(3)29/h5-10,17,30H,4,11-16,18-19H2,1-3H3,(H,27,29). The summed E-state index contributed by atoms with van der Waals surface area (Å²) >= 11 is 0. The van der Waals surface area contributed by atoms with Gasteiger partial charge in [-0.1, -0.05) is 29.8 Å². The highest BCUT2D eigenvalue weighted by atomic mass is 16.5. The van der Waals surface area contributed by atoms with Gasteiger partial charge in [-0.3, -0.25) is 9.69 Å². The van der Waals surface area contributed by atoms with Gasteiger partial charge in [0.05, 0.1) is 6.61 Å². The first-order valence-electron chi connectivity index (χ1n) is 11.4. The van der Waals surface area contributed by atoms with Gasteiger partial charge < -0.3 is 19.9 Å². The quantitative estimate of drug-likeness (QED) is 0.552. The first kappa shape index (κ1) is 24.1. The molecule has 1 heterocycles. The Morgan fingerprint density at radius 2 is 1.81 bits per heavy atom. The number of ether oxygens (including phenoxy) is 2. The van der Waals surface area contributed by atoms with Gasteiger partial charge in [0.25, 0.3) is 0 Å². The van der Waals surface area contributed by atoms with Gasteiger partial charge in [0.2, 0.25) is 5.91 Å². The SMILES string of the molecule is CC(=O)NCCCOc1ccc(CN2CCC(O)(COc3ccc(C)cc3C)CC2)cc1. The summed E-state index contributed by atoms with van der Waals surface area (Å²) in [4.78, 5) is 13.2. The lowest BCUT2D eigenvalue weighted by Crippen LogP contribution is -2.47. The third-order valence-electron chi connectivity index (χ3n) is 5.91. The second-order valence-corrected chi connectivity index (χ2v) is 8.89. The third kappa shape index (κ3) is 7.53. The van der Waals surface area contributed by atoms with Crippen LogP contribution < -0.4 is 14.8 Å². The van der Waals surface area contributed by atoms with E-state index in [1.165, 1.54) is 18.1 Å². The maximum atomic E-state index is 11.0. The molecule has 3 rings (SSSR count). The van der Waals surface area contributed by atoms with Crippen molar-refractivity contribution in [3.8, 4) is 11.5 Å². The van der Waals surface area contributed by atoms with E-state index < -0.39 is 5.60 Å². The maximum Gasteiger partial charge on any atom is 0.216 e. The van der Waals surface area contributed by atoms with E-state index in [1.807, 2.05) is 31.2 Å². The smallest absolute Gasteiger partial charge is 0.216 e. The molecule has 0 saturated carbocycles. The number of carbonyl (C=O) groups excluding carboxylic acids is 1. The molecule has 2 aromatic carbocycles. The highest BCUT2D eigenvalue weighted by Gasteiger charge is 2.33. The Morgan fingerprint density at radius 1 is 1.09 bits per heavy atom. The minimum atomic E-state index is -0.775. The second kappa shape index (κ2) is 11.3.